The Hall–Kier alpha value is -2.02. The molecule has 0 spiro atoms. The summed E-state index contributed by atoms with van der Waals surface area (Å²) in [5.41, 5.74) is -0.697. The zero-order chi connectivity index (χ0) is 15.3. The van der Waals surface area contributed by atoms with Crippen LogP contribution in [0, 0.1) is 21.8 Å². The summed E-state index contributed by atoms with van der Waals surface area (Å²) in [6, 6.07) is 2.35. The monoisotopic (exact) mass is 284 g/mol. The van der Waals surface area contributed by atoms with Gasteiger partial charge < -0.3 is 10.4 Å². The molecule has 0 aliphatic carbocycles. The summed E-state index contributed by atoms with van der Waals surface area (Å²) in [6.07, 6.45) is 0.552. The summed E-state index contributed by atoms with van der Waals surface area (Å²) in [5.74, 6) is -1.40. The van der Waals surface area contributed by atoms with Crippen molar-refractivity contribution in [3.05, 3.63) is 39.7 Å². The van der Waals surface area contributed by atoms with E-state index < -0.39 is 28.4 Å². The lowest BCUT2D eigenvalue weighted by Gasteiger charge is -2.18. The second-order valence-electron chi connectivity index (χ2n) is 4.90. The minimum atomic E-state index is -0.960. The van der Waals surface area contributed by atoms with Crippen LogP contribution in [-0.2, 0) is 0 Å². The van der Waals surface area contributed by atoms with E-state index in [2.05, 4.69) is 5.32 Å². The van der Waals surface area contributed by atoms with Gasteiger partial charge in [-0.05, 0) is 18.4 Å². The number of halogens is 1. The average molecular weight is 284 g/mol. The maximum absolute atomic E-state index is 13.6. The molecule has 1 unspecified atom stereocenters. The minimum Gasteiger partial charge on any atom is -0.394 e. The molecule has 2 N–H and O–H groups in total. The molecule has 0 aliphatic heterocycles. The van der Waals surface area contributed by atoms with Crippen LogP contribution in [0.15, 0.2) is 18.2 Å². The first-order chi connectivity index (χ1) is 9.35. The summed E-state index contributed by atoms with van der Waals surface area (Å²) in [5, 5.41) is 22.1. The summed E-state index contributed by atoms with van der Waals surface area (Å²) < 4.78 is 13.6. The highest BCUT2D eigenvalue weighted by Crippen LogP contribution is 2.17. The number of amides is 1. The largest absolute Gasteiger partial charge is 0.394 e. The fourth-order valence-electron chi connectivity index (χ4n) is 1.81. The van der Waals surface area contributed by atoms with Crippen molar-refractivity contribution in [3.63, 3.8) is 0 Å². The first kappa shape index (κ1) is 16.0. The van der Waals surface area contributed by atoms with Gasteiger partial charge in [0.15, 0.2) is 0 Å². The van der Waals surface area contributed by atoms with Crippen LogP contribution in [0.4, 0.5) is 10.1 Å². The van der Waals surface area contributed by atoms with Crippen molar-refractivity contribution in [1.29, 1.82) is 0 Å². The summed E-state index contributed by atoms with van der Waals surface area (Å²) in [7, 11) is 0. The van der Waals surface area contributed by atoms with Gasteiger partial charge in [-0.3, -0.25) is 14.9 Å². The van der Waals surface area contributed by atoms with Crippen molar-refractivity contribution in [2.24, 2.45) is 5.92 Å². The fourth-order valence-corrected chi connectivity index (χ4v) is 1.81. The molecule has 1 amide bonds. The van der Waals surface area contributed by atoms with E-state index in [9.17, 15) is 19.3 Å². The highest BCUT2D eigenvalue weighted by molar-refractivity contribution is 5.94. The third-order valence-corrected chi connectivity index (χ3v) is 2.72. The Morgan fingerprint density at radius 1 is 1.50 bits per heavy atom. The highest BCUT2D eigenvalue weighted by Gasteiger charge is 2.19. The van der Waals surface area contributed by atoms with Crippen molar-refractivity contribution < 1.29 is 19.2 Å². The Balaban J connectivity index is 2.84. The van der Waals surface area contributed by atoms with Crippen LogP contribution in [0.5, 0.6) is 0 Å². The molecule has 0 fully saturated rings. The van der Waals surface area contributed by atoms with Gasteiger partial charge in [-0.2, -0.15) is 0 Å². The molecule has 0 saturated heterocycles. The summed E-state index contributed by atoms with van der Waals surface area (Å²) >= 11 is 0. The smallest absolute Gasteiger partial charge is 0.272 e. The molecular weight excluding hydrogens is 267 g/mol. The third kappa shape index (κ3) is 4.27. The highest BCUT2D eigenvalue weighted by atomic mass is 19.1. The van der Waals surface area contributed by atoms with Gasteiger partial charge >= 0.3 is 0 Å². The van der Waals surface area contributed by atoms with E-state index >= 15 is 0 Å². The second-order valence-corrected chi connectivity index (χ2v) is 4.90. The molecule has 1 atom stereocenters. The quantitative estimate of drug-likeness (QED) is 0.616. The molecule has 6 nitrogen and oxygen atoms in total. The number of benzene rings is 1. The molecule has 0 bridgehead atoms. The molecule has 1 aromatic carbocycles. The van der Waals surface area contributed by atoms with Gasteiger partial charge in [0.25, 0.3) is 11.6 Å². The van der Waals surface area contributed by atoms with E-state index in [1.165, 1.54) is 0 Å². The number of rotatable bonds is 6. The third-order valence-electron chi connectivity index (χ3n) is 2.72. The molecule has 0 aliphatic rings. The van der Waals surface area contributed by atoms with E-state index in [-0.39, 0.29) is 18.1 Å². The number of nitrogens with one attached hydrogen (secondary N) is 1. The maximum atomic E-state index is 13.6. The molecule has 110 valence electrons. The molecule has 0 aromatic heterocycles. The molecular formula is C13H17FN2O4. The van der Waals surface area contributed by atoms with Crippen molar-refractivity contribution >= 4 is 11.6 Å². The van der Waals surface area contributed by atoms with Gasteiger partial charge in [0.2, 0.25) is 0 Å². The SMILES string of the molecule is CC(C)CC(CO)NC(=O)c1ccc([N+](=O)[O-])cc1F. The van der Waals surface area contributed by atoms with Crippen LogP contribution < -0.4 is 5.32 Å². The summed E-state index contributed by atoms with van der Waals surface area (Å²) in [6.45, 7) is 3.61. The van der Waals surface area contributed by atoms with Crippen molar-refractivity contribution in [2.75, 3.05) is 6.61 Å². The number of carbonyl (C=O) groups is 1. The van der Waals surface area contributed by atoms with Gasteiger partial charge in [-0.25, -0.2) is 4.39 Å². The van der Waals surface area contributed by atoms with Crippen molar-refractivity contribution in [3.8, 4) is 0 Å². The first-order valence-electron chi connectivity index (χ1n) is 6.20. The molecule has 0 radical (unpaired) electrons. The standard InChI is InChI=1S/C13H17FN2O4/c1-8(2)5-9(7-17)15-13(18)11-4-3-10(16(19)20)6-12(11)14/h3-4,6,8-9,17H,5,7H2,1-2H3,(H,15,18). The van der Waals surface area contributed by atoms with Crippen LogP contribution in [-0.4, -0.2) is 28.6 Å². The van der Waals surface area contributed by atoms with Crippen LogP contribution in [0.1, 0.15) is 30.6 Å². The van der Waals surface area contributed by atoms with E-state index in [0.29, 0.717) is 12.5 Å². The molecule has 7 heteroatoms. The maximum Gasteiger partial charge on any atom is 0.272 e. The lowest BCUT2D eigenvalue weighted by atomic mass is 10.0. The first-order valence-corrected chi connectivity index (χ1v) is 6.20. The molecule has 0 heterocycles. The minimum absolute atomic E-state index is 0.251. The Kier molecular flexibility index (Phi) is 5.57. The lowest BCUT2D eigenvalue weighted by molar-refractivity contribution is -0.385. The Morgan fingerprint density at radius 2 is 2.15 bits per heavy atom. The molecule has 1 aromatic rings. The van der Waals surface area contributed by atoms with Gasteiger partial charge in [-0.15, -0.1) is 0 Å². The normalized spacial score (nSPS) is 12.2. The van der Waals surface area contributed by atoms with Crippen LogP contribution >= 0.6 is 0 Å². The average Bonchev–Trinajstić information content (AvgIpc) is 2.36. The topological polar surface area (TPSA) is 92.5 Å². The Bertz CT molecular complexity index is 505. The zero-order valence-corrected chi connectivity index (χ0v) is 11.3. The number of non-ortho nitro benzene ring substituents is 1. The van der Waals surface area contributed by atoms with Crippen LogP contribution in [0.25, 0.3) is 0 Å². The molecule has 20 heavy (non-hydrogen) atoms. The fraction of sp³-hybridized carbons (Fsp3) is 0.462. The van der Waals surface area contributed by atoms with Crippen molar-refractivity contribution in [2.45, 2.75) is 26.3 Å². The Morgan fingerprint density at radius 3 is 2.60 bits per heavy atom. The predicted octanol–water partition coefficient (Wildman–Crippen LogP) is 1.87. The van der Waals surface area contributed by atoms with E-state index in [4.69, 9.17) is 5.11 Å². The second kappa shape index (κ2) is 6.95. The number of aliphatic hydroxyl groups excluding tert-OH is 1. The van der Waals surface area contributed by atoms with Crippen molar-refractivity contribution in [1.82, 2.24) is 5.32 Å². The predicted molar refractivity (Wildman–Crippen MR) is 70.8 cm³/mol. The van der Waals surface area contributed by atoms with Crippen LogP contribution in [0.3, 0.4) is 0 Å². The van der Waals surface area contributed by atoms with Crippen LogP contribution in [0.2, 0.25) is 0 Å². The van der Waals surface area contributed by atoms with Gasteiger partial charge in [0, 0.05) is 6.07 Å². The molecule has 1 rings (SSSR count). The number of carbonyl (C=O) groups excluding carboxylic acids is 1. The number of hydrogen-bond donors (Lipinski definition) is 2. The van der Waals surface area contributed by atoms with E-state index in [0.717, 1.165) is 12.1 Å². The number of hydrogen-bond acceptors (Lipinski definition) is 4. The Labute approximate surface area is 115 Å². The van der Waals surface area contributed by atoms with Gasteiger partial charge in [0.05, 0.1) is 29.2 Å². The van der Waals surface area contributed by atoms with Gasteiger partial charge in [0.1, 0.15) is 5.82 Å². The lowest BCUT2D eigenvalue weighted by Crippen LogP contribution is -2.38. The molecule has 0 saturated carbocycles. The number of nitro benzene ring substituents is 1. The summed E-state index contributed by atoms with van der Waals surface area (Å²) in [4.78, 5) is 21.6. The van der Waals surface area contributed by atoms with E-state index in [1.54, 1.807) is 0 Å². The van der Waals surface area contributed by atoms with E-state index in [1.807, 2.05) is 13.8 Å². The number of aliphatic hydroxyl groups is 1. The zero-order valence-electron chi connectivity index (χ0n) is 11.3. The number of nitro groups is 1. The van der Waals surface area contributed by atoms with Gasteiger partial charge in [-0.1, -0.05) is 13.8 Å². The number of nitrogens with zero attached hydrogens (tertiary/aromatic N) is 1.